The van der Waals surface area contributed by atoms with E-state index in [-0.39, 0.29) is 12.4 Å². The van der Waals surface area contributed by atoms with Crippen LogP contribution in [-0.2, 0) is 0 Å². The average molecular weight is 295 g/mol. The number of nitrogens with one attached hydrogen (secondary N) is 1. The van der Waals surface area contributed by atoms with E-state index < -0.39 is 0 Å². The number of H-pyrrole nitrogens is 1. The van der Waals surface area contributed by atoms with Gasteiger partial charge in [-0.2, -0.15) is 0 Å². The van der Waals surface area contributed by atoms with Crippen molar-refractivity contribution < 1.29 is 14.3 Å². The molecule has 4 nitrogen and oxygen atoms in total. The minimum absolute atomic E-state index is 0.0247. The van der Waals surface area contributed by atoms with E-state index in [9.17, 15) is 4.79 Å². The van der Waals surface area contributed by atoms with E-state index in [1.807, 2.05) is 43.3 Å². The molecule has 112 valence electrons. The topological polar surface area (TPSA) is 51.3 Å². The van der Waals surface area contributed by atoms with Crippen LogP contribution in [0.2, 0.25) is 0 Å². The van der Waals surface area contributed by atoms with Crippen molar-refractivity contribution in [1.82, 2.24) is 4.98 Å². The Morgan fingerprint density at radius 1 is 1.05 bits per heavy atom. The lowest BCUT2D eigenvalue weighted by Crippen LogP contribution is -2.12. The van der Waals surface area contributed by atoms with E-state index in [2.05, 4.69) is 4.98 Å². The van der Waals surface area contributed by atoms with Gasteiger partial charge >= 0.3 is 0 Å². The lowest BCUT2D eigenvalue weighted by atomic mass is 10.1. The Hall–Kier alpha value is -2.75. The van der Waals surface area contributed by atoms with Crippen LogP contribution in [0.15, 0.2) is 48.5 Å². The third kappa shape index (κ3) is 2.55. The molecule has 0 fully saturated rings. The first-order chi connectivity index (χ1) is 10.7. The fourth-order valence-corrected chi connectivity index (χ4v) is 2.59. The zero-order valence-electron chi connectivity index (χ0n) is 12.6. The SMILES string of the molecule is COc1ccccc1OCC(=O)c1c(C)[nH]c2ccccc12. The summed E-state index contributed by atoms with van der Waals surface area (Å²) in [5.74, 6) is 1.13. The summed E-state index contributed by atoms with van der Waals surface area (Å²) in [6.45, 7) is 1.87. The number of aromatic nitrogens is 1. The van der Waals surface area contributed by atoms with Crippen molar-refractivity contribution in [2.24, 2.45) is 0 Å². The van der Waals surface area contributed by atoms with Crippen molar-refractivity contribution in [3.05, 3.63) is 59.8 Å². The lowest BCUT2D eigenvalue weighted by molar-refractivity contribution is 0.0920. The van der Waals surface area contributed by atoms with Gasteiger partial charge in [-0.1, -0.05) is 30.3 Å². The first kappa shape index (κ1) is 14.2. The molecule has 0 amide bonds. The third-order valence-corrected chi connectivity index (χ3v) is 3.60. The van der Waals surface area contributed by atoms with Crippen LogP contribution in [0.5, 0.6) is 11.5 Å². The first-order valence-electron chi connectivity index (χ1n) is 7.07. The van der Waals surface area contributed by atoms with E-state index in [0.29, 0.717) is 17.1 Å². The number of hydrogen-bond acceptors (Lipinski definition) is 3. The Bertz CT molecular complexity index is 820. The molecule has 1 aromatic heterocycles. The molecular weight excluding hydrogens is 278 g/mol. The quantitative estimate of drug-likeness (QED) is 0.729. The average Bonchev–Trinajstić information content (AvgIpc) is 2.88. The molecule has 1 N–H and O–H groups in total. The number of fused-ring (bicyclic) bond motifs is 1. The summed E-state index contributed by atoms with van der Waals surface area (Å²) in [6.07, 6.45) is 0. The van der Waals surface area contributed by atoms with Crippen molar-refractivity contribution in [3.8, 4) is 11.5 Å². The summed E-state index contributed by atoms with van der Waals surface area (Å²) in [4.78, 5) is 15.8. The highest BCUT2D eigenvalue weighted by molar-refractivity contribution is 6.09. The number of rotatable bonds is 5. The van der Waals surface area contributed by atoms with Gasteiger partial charge in [0.15, 0.2) is 18.1 Å². The van der Waals surface area contributed by atoms with Crippen LogP contribution in [-0.4, -0.2) is 24.5 Å². The fourth-order valence-electron chi connectivity index (χ4n) is 2.59. The largest absolute Gasteiger partial charge is 0.493 e. The van der Waals surface area contributed by atoms with Crippen LogP contribution < -0.4 is 9.47 Å². The van der Waals surface area contributed by atoms with Crippen molar-refractivity contribution >= 4 is 16.7 Å². The van der Waals surface area contributed by atoms with E-state index in [4.69, 9.17) is 9.47 Å². The highest BCUT2D eigenvalue weighted by Gasteiger charge is 2.16. The number of carbonyl (C=O) groups is 1. The van der Waals surface area contributed by atoms with Gasteiger partial charge in [0.1, 0.15) is 0 Å². The summed E-state index contributed by atoms with van der Waals surface area (Å²) in [5, 5.41) is 0.925. The number of ether oxygens (including phenoxy) is 2. The number of aryl methyl sites for hydroxylation is 1. The summed E-state index contributed by atoms with van der Waals surface area (Å²) < 4.78 is 10.8. The van der Waals surface area contributed by atoms with E-state index >= 15 is 0 Å². The highest BCUT2D eigenvalue weighted by Crippen LogP contribution is 2.27. The molecule has 22 heavy (non-hydrogen) atoms. The van der Waals surface area contributed by atoms with E-state index in [0.717, 1.165) is 16.6 Å². The maximum atomic E-state index is 12.5. The zero-order chi connectivity index (χ0) is 15.5. The van der Waals surface area contributed by atoms with Crippen molar-refractivity contribution in [2.45, 2.75) is 6.92 Å². The second kappa shape index (κ2) is 5.93. The highest BCUT2D eigenvalue weighted by atomic mass is 16.5. The molecular formula is C18H17NO3. The normalized spacial score (nSPS) is 10.6. The van der Waals surface area contributed by atoms with Crippen LogP contribution in [0, 0.1) is 6.92 Å². The Kier molecular flexibility index (Phi) is 3.83. The van der Waals surface area contributed by atoms with Crippen LogP contribution in [0.1, 0.15) is 16.1 Å². The van der Waals surface area contributed by atoms with Gasteiger partial charge in [0.25, 0.3) is 0 Å². The van der Waals surface area contributed by atoms with Crippen LogP contribution in [0.4, 0.5) is 0 Å². The number of Topliss-reactive ketones (excluding diaryl/α,β-unsaturated/α-hetero) is 1. The summed E-state index contributed by atoms with van der Waals surface area (Å²) in [6, 6.07) is 15.1. The second-order valence-electron chi connectivity index (χ2n) is 5.03. The molecule has 0 saturated carbocycles. The molecule has 0 bridgehead atoms. The van der Waals surface area contributed by atoms with Gasteiger partial charge in [-0.3, -0.25) is 4.79 Å². The molecule has 0 unspecified atom stereocenters. The lowest BCUT2D eigenvalue weighted by Gasteiger charge is -2.09. The zero-order valence-corrected chi connectivity index (χ0v) is 12.6. The van der Waals surface area contributed by atoms with Gasteiger partial charge in [-0.25, -0.2) is 0 Å². The predicted molar refractivity (Wildman–Crippen MR) is 85.9 cm³/mol. The van der Waals surface area contributed by atoms with Gasteiger partial charge in [0.2, 0.25) is 5.78 Å². The Morgan fingerprint density at radius 3 is 2.50 bits per heavy atom. The van der Waals surface area contributed by atoms with Gasteiger partial charge in [0, 0.05) is 22.2 Å². The number of methoxy groups -OCH3 is 1. The molecule has 0 aliphatic carbocycles. The maximum Gasteiger partial charge on any atom is 0.202 e. The molecule has 0 spiro atoms. The minimum Gasteiger partial charge on any atom is -0.493 e. The predicted octanol–water partition coefficient (Wildman–Crippen LogP) is 3.75. The smallest absolute Gasteiger partial charge is 0.202 e. The molecule has 0 aliphatic rings. The number of carbonyl (C=O) groups excluding carboxylic acids is 1. The van der Waals surface area contributed by atoms with Gasteiger partial charge < -0.3 is 14.5 Å². The van der Waals surface area contributed by atoms with Gasteiger partial charge in [0.05, 0.1) is 7.11 Å². The molecule has 1 heterocycles. The molecule has 0 atom stereocenters. The Labute approximate surface area is 128 Å². The summed E-state index contributed by atoms with van der Waals surface area (Å²) in [5.41, 5.74) is 2.50. The number of para-hydroxylation sites is 3. The van der Waals surface area contributed by atoms with Crippen LogP contribution >= 0.6 is 0 Å². The van der Waals surface area contributed by atoms with Crippen LogP contribution in [0.3, 0.4) is 0 Å². The van der Waals surface area contributed by atoms with Crippen LogP contribution in [0.25, 0.3) is 10.9 Å². The van der Waals surface area contributed by atoms with Crippen molar-refractivity contribution in [3.63, 3.8) is 0 Å². The molecule has 4 heteroatoms. The standard InChI is InChI=1S/C18H17NO3/c1-12-18(13-7-3-4-8-14(13)19-12)15(20)11-22-17-10-6-5-9-16(17)21-2/h3-10,19H,11H2,1-2H3. The summed E-state index contributed by atoms with van der Waals surface area (Å²) in [7, 11) is 1.58. The first-order valence-corrected chi connectivity index (χ1v) is 7.07. The van der Waals surface area contributed by atoms with E-state index in [1.165, 1.54) is 0 Å². The Morgan fingerprint density at radius 2 is 1.73 bits per heavy atom. The molecule has 3 aromatic rings. The van der Waals surface area contributed by atoms with Crippen molar-refractivity contribution in [2.75, 3.05) is 13.7 Å². The number of aromatic amines is 1. The maximum absolute atomic E-state index is 12.5. The molecule has 3 rings (SSSR count). The van der Waals surface area contributed by atoms with Gasteiger partial charge in [-0.05, 0) is 25.1 Å². The molecule has 0 saturated heterocycles. The second-order valence-corrected chi connectivity index (χ2v) is 5.03. The summed E-state index contributed by atoms with van der Waals surface area (Å²) >= 11 is 0. The Balaban J connectivity index is 1.83. The van der Waals surface area contributed by atoms with E-state index in [1.54, 1.807) is 19.2 Å². The van der Waals surface area contributed by atoms with Crippen molar-refractivity contribution in [1.29, 1.82) is 0 Å². The monoisotopic (exact) mass is 295 g/mol. The number of ketones is 1. The molecule has 0 aliphatic heterocycles. The van der Waals surface area contributed by atoms with Gasteiger partial charge in [-0.15, -0.1) is 0 Å². The molecule has 0 radical (unpaired) electrons. The number of hydrogen-bond donors (Lipinski definition) is 1. The third-order valence-electron chi connectivity index (χ3n) is 3.60. The molecule has 2 aromatic carbocycles. The number of benzene rings is 2. The fraction of sp³-hybridized carbons (Fsp3) is 0.167. The minimum atomic E-state index is -0.0548.